The molecule has 4 unspecified atom stereocenters. The number of fused-ring (bicyclic) bond motifs is 1. The van der Waals surface area contributed by atoms with Crippen molar-refractivity contribution in [3.05, 3.63) is 71.7 Å². The second-order valence-corrected chi connectivity index (χ2v) is 9.73. The maximum atomic E-state index is 14.6. The number of imidazole rings is 1. The summed E-state index contributed by atoms with van der Waals surface area (Å²) in [4.78, 5) is 8.70. The van der Waals surface area contributed by atoms with E-state index in [9.17, 15) is 13.9 Å². The number of nitrogens with two attached hydrogens (primary N) is 1. The van der Waals surface area contributed by atoms with Gasteiger partial charge in [0.05, 0.1) is 40.5 Å². The number of hydrogen-bond donors (Lipinski definition) is 3. The minimum atomic E-state index is -0.919. The van der Waals surface area contributed by atoms with Crippen LogP contribution in [-0.4, -0.2) is 36.3 Å². The fourth-order valence-electron chi connectivity index (χ4n) is 4.96. The lowest BCUT2D eigenvalue weighted by molar-refractivity contribution is -0.0463. The molecule has 182 valence electrons. The van der Waals surface area contributed by atoms with Gasteiger partial charge in [-0.2, -0.15) is 9.61 Å². The average molecular weight is 479 g/mol. The minimum Gasteiger partial charge on any atom is -0.388 e. The number of pyridine rings is 1. The number of aliphatic hydroxyl groups is 1. The number of aryl methyl sites for hydroxylation is 1. The fraction of sp³-hybridized carbons (Fsp3) is 0.346. The van der Waals surface area contributed by atoms with Gasteiger partial charge in [-0.05, 0) is 80.0 Å². The smallest absolute Gasteiger partial charge is 0.229 e. The lowest BCUT2D eigenvalue weighted by Gasteiger charge is -2.44. The minimum absolute atomic E-state index is 0.0213. The molecular formula is C26H28F2N6O. The number of nitrogens with one attached hydrogen (secondary N) is 1. The van der Waals surface area contributed by atoms with Crippen molar-refractivity contribution in [2.75, 3.05) is 5.32 Å². The molecule has 5 rings (SSSR count). The Balaban J connectivity index is 1.51. The number of aromatic nitrogens is 4. The second kappa shape index (κ2) is 8.66. The Bertz CT molecular complexity index is 1360. The zero-order chi connectivity index (χ0) is 24.9. The topological polar surface area (TPSA) is 101 Å². The molecule has 4 aromatic rings. The highest BCUT2D eigenvalue weighted by atomic mass is 19.1. The van der Waals surface area contributed by atoms with Crippen LogP contribution in [-0.2, 0) is 0 Å². The van der Waals surface area contributed by atoms with Gasteiger partial charge >= 0.3 is 0 Å². The van der Waals surface area contributed by atoms with Crippen molar-refractivity contribution in [3.8, 4) is 11.3 Å². The maximum absolute atomic E-state index is 14.6. The van der Waals surface area contributed by atoms with Gasteiger partial charge in [-0.25, -0.2) is 13.8 Å². The summed E-state index contributed by atoms with van der Waals surface area (Å²) >= 11 is 0. The van der Waals surface area contributed by atoms with E-state index in [2.05, 4.69) is 20.4 Å². The van der Waals surface area contributed by atoms with Crippen molar-refractivity contribution in [1.29, 1.82) is 0 Å². The Morgan fingerprint density at radius 1 is 1.14 bits per heavy atom. The Morgan fingerprint density at radius 2 is 1.89 bits per heavy atom. The van der Waals surface area contributed by atoms with Crippen LogP contribution in [0.2, 0.25) is 0 Å². The number of halogens is 2. The highest BCUT2D eigenvalue weighted by Gasteiger charge is 2.42. The first-order valence-corrected chi connectivity index (χ1v) is 11.6. The molecule has 35 heavy (non-hydrogen) atoms. The summed E-state index contributed by atoms with van der Waals surface area (Å²) in [5.74, 6) is -0.803. The second-order valence-electron chi connectivity index (χ2n) is 9.73. The molecular weight excluding hydrogens is 450 g/mol. The Kier molecular flexibility index (Phi) is 5.77. The van der Waals surface area contributed by atoms with Crippen molar-refractivity contribution in [2.24, 2.45) is 11.7 Å². The van der Waals surface area contributed by atoms with Crippen LogP contribution in [0.25, 0.3) is 16.8 Å². The zero-order valence-corrected chi connectivity index (χ0v) is 19.8. The molecule has 1 fully saturated rings. The van der Waals surface area contributed by atoms with Crippen LogP contribution in [0.3, 0.4) is 0 Å². The van der Waals surface area contributed by atoms with Gasteiger partial charge in [0.2, 0.25) is 5.95 Å². The molecule has 0 amide bonds. The average Bonchev–Trinajstić information content (AvgIpc) is 3.19. The predicted octanol–water partition coefficient (Wildman–Crippen LogP) is 4.71. The van der Waals surface area contributed by atoms with E-state index < -0.39 is 17.2 Å². The van der Waals surface area contributed by atoms with Gasteiger partial charge < -0.3 is 16.2 Å². The lowest BCUT2D eigenvalue weighted by atomic mass is 9.68. The first-order chi connectivity index (χ1) is 16.6. The van der Waals surface area contributed by atoms with Crippen LogP contribution in [0.15, 0.2) is 48.9 Å². The summed E-state index contributed by atoms with van der Waals surface area (Å²) in [5, 5.41) is 18.5. The number of benzene rings is 1. The molecule has 1 aromatic carbocycles. The van der Waals surface area contributed by atoms with Gasteiger partial charge in [0.1, 0.15) is 11.6 Å². The largest absolute Gasteiger partial charge is 0.388 e. The Hall–Kier alpha value is -3.43. The van der Waals surface area contributed by atoms with Crippen LogP contribution >= 0.6 is 0 Å². The summed E-state index contributed by atoms with van der Waals surface area (Å²) in [6, 6.07) is 7.45. The van der Waals surface area contributed by atoms with Gasteiger partial charge in [-0.3, -0.25) is 4.98 Å². The molecule has 3 heterocycles. The van der Waals surface area contributed by atoms with E-state index in [4.69, 9.17) is 5.73 Å². The molecule has 9 heteroatoms. The number of rotatable bonds is 4. The fourth-order valence-corrected chi connectivity index (χ4v) is 4.96. The van der Waals surface area contributed by atoms with Crippen LogP contribution < -0.4 is 11.1 Å². The zero-order valence-electron chi connectivity index (χ0n) is 19.8. The molecule has 1 saturated carbocycles. The van der Waals surface area contributed by atoms with E-state index in [-0.39, 0.29) is 29.1 Å². The van der Waals surface area contributed by atoms with Crippen molar-refractivity contribution in [1.82, 2.24) is 19.6 Å². The summed E-state index contributed by atoms with van der Waals surface area (Å²) in [6.07, 6.45) is 6.48. The normalized spacial score (nSPS) is 24.6. The SMILES string of the molecule is Cc1cc(F)c(-c2ccc3cnc(Nc4cnccc4C4CC(C)C(C)(O)C(N)C4)n3n2)c(F)c1. The van der Waals surface area contributed by atoms with E-state index in [1.54, 1.807) is 44.6 Å². The highest BCUT2D eigenvalue weighted by Crippen LogP contribution is 2.43. The third kappa shape index (κ3) is 4.15. The molecule has 0 aliphatic heterocycles. The third-order valence-electron chi connectivity index (χ3n) is 7.29. The Morgan fingerprint density at radius 3 is 2.60 bits per heavy atom. The molecule has 0 spiro atoms. The quantitative estimate of drug-likeness (QED) is 0.393. The van der Waals surface area contributed by atoms with Gasteiger partial charge in [0, 0.05) is 12.2 Å². The molecule has 0 radical (unpaired) electrons. The number of hydrogen-bond acceptors (Lipinski definition) is 6. The number of nitrogens with zero attached hydrogens (tertiary/aromatic N) is 4. The molecule has 1 aliphatic carbocycles. The molecule has 3 aromatic heterocycles. The van der Waals surface area contributed by atoms with Crippen molar-refractivity contribution in [3.63, 3.8) is 0 Å². The van der Waals surface area contributed by atoms with Gasteiger partial charge in [0.15, 0.2) is 0 Å². The molecule has 4 N–H and O–H groups in total. The van der Waals surface area contributed by atoms with Crippen molar-refractivity contribution in [2.45, 2.75) is 51.2 Å². The van der Waals surface area contributed by atoms with E-state index in [1.807, 2.05) is 13.0 Å². The lowest BCUT2D eigenvalue weighted by Crippen LogP contribution is -2.54. The van der Waals surface area contributed by atoms with Gasteiger partial charge in [0.25, 0.3) is 0 Å². The van der Waals surface area contributed by atoms with Crippen LogP contribution in [0.5, 0.6) is 0 Å². The summed E-state index contributed by atoms with van der Waals surface area (Å²) < 4.78 is 30.7. The Labute approximate surface area is 202 Å². The van der Waals surface area contributed by atoms with Crippen LogP contribution in [0, 0.1) is 24.5 Å². The first-order valence-electron chi connectivity index (χ1n) is 11.6. The van der Waals surface area contributed by atoms with E-state index >= 15 is 0 Å². The summed E-state index contributed by atoms with van der Waals surface area (Å²) in [7, 11) is 0. The monoisotopic (exact) mass is 478 g/mol. The molecule has 1 aliphatic rings. The first kappa shape index (κ1) is 23.3. The predicted molar refractivity (Wildman–Crippen MR) is 130 cm³/mol. The van der Waals surface area contributed by atoms with E-state index in [0.29, 0.717) is 23.4 Å². The van der Waals surface area contributed by atoms with Crippen molar-refractivity contribution >= 4 is 17.2 Å². The van der Waals surface area contributed by atoms with Gasteiger partial charge in [-0.15, -0.1) is 0 Å². The summed E-state index contributed by atoms with van der Waals surface area (Å²) in [6.45, 7) is 5.44. The maximum Gasteiger partial charge on any atom is 0.229 e. The summed E-state index contributed by atoms with van der Waals surface area (Å²) in [5.41, 5.74) is 8.30. The molecule has 0 bridgehead atoms. The highest BCUT2D eigenvalue weighted by molar-refractivity contribution is 5.66. The number of anilines is 2. The standard InChI is InChI=1S/C26H28F2N6O/c1-14-8-19(27)24(20(28)9-14)21-5-4-17-12-31-25(34(17)33-21)32-22-13-30-7-6-18(22)16-10-15(2)26(3,35)23(29)11-16/h4-9,12-13,15-16,23,35H,10-11,29H2,1-3H3,(H,31,32). The third-order valence-corrected chi connectivity index (χ3v) is 7.29. The van der Waals surface area contributed by atoms with Crippen LogP contribution in [0.4, 0.5) is 20.4 Å². The van der Waals surface area contributed by atoms with E-state index in [1.165, 1.54) is 16.6 Å². The van der Waals surface area contributed by atoms with E-state index in [0.717, 1.165) is 17.7 Å². The molecule has 4 atom stereocenters. The molecule has 0 saturated heterocycles. The molecule has 7 nitrogen and oxygen atoms in total. The van der Waals surface area contributed by atoms with Crippen LogP contribution in [0.1, 0.15) is 43.7 Å². The van der Waals surface area contributed by atoms with Crippen molar-refractivity contribution < 1.29 is 13.9 Å². The van der Waals surface area contributed by atoms with Gasteiger partial charge in [-0.1, -0.05) is 6.92 Å².